The first-order valence-corrected chi connectivity index (χ1v) is 7.88. The van der Waals surface area contributed by atoms with Gasteiger partial charge in [-0.3, -0.25) is 4.79 Å². The average molecular weight is 294 g/mol. The number of benzene rings is 2. The van der Waals surface area contributed by atoms with Crippen molar-refractivity contribution in [1.82, 2.24) is 4.90 Å². The Balaban J connectivity index is 1.77. The molecule has 1 aliphatic heterocycles. The Morgan fingerprint density at radius 3 is 2.41 bits per heavy atom. The molecule has 3 nitrogen and oxygen atoms in total. The minimum atomic E-state index is 0.433. The summed E-state index contributed by atoms with van der Waals surface area (Å²) >= 11 is 0. The number of hydrogen-bond acceptors (Lipinski definition) is 2. The fourth-order valence-corrected chi connectivity index (χ4v) is 2.96. The molecule has 0 atom stereocenters. The number of anilines is 1. The second-order valence-electron chi connectivity index (χ2n) is 5.97. The van der Waals surface area contributed by atoms with Gasteiger partial charge in [0.15, 0.2) is 0 Å². The zero-order valence-corrected chi connectivity index (χ0v) is 13.0. The fourth-order valence-electron chi connectivity index (χ4n) is 2.96. The number of aryl methyl sites for hydroxylation is 1. The summed E-state index contributed by atoms with van der Waals surface area (Å²) < 4.78 is 0. The van der Waals surface area contributed by atoms with E-state index in [4.69, 9.17) is 0 Å². The summed E-state index contributed by atoms with van der Waals surface area (Å²) in [6.45, 7) is 3.79. The maximum Gasteiger partial charge on any atom is 0.209 e. The third kappa shape index (κ3) is 3.30. The van der Waals surface area contributed by atoms with Crippen LogP contribution in [-0.4, -0.2) is 30.4 Å². The lowest BCUT2D eigenvalue weighted by Gasteiger charge is -2.31. The lowest BCUT2D eigenvalue weighted by Crippen LogP contribution is -2.38. The van der Waals surface area contributed by atoms with E-state index < -0.39 is 0 Å². The Bertz CT molecular complexity index is 628. The zero-order valence-electron chi connectivity index (χ0n) is 13.0. The average Bonchev–Trinajstić information content (AvgIpc) is 2.57. The smallest absolute Gasteiger partial charge is 0.209 e. The zero-order chi connectivity index (χ0) is 15.4. The van der Waals surface area contributed by atoms with Crippen LogP contribution in [0.5, 0.6) is 0 Å². The van der Waals surface area contributed by atoms with E-state index in [1.165, 1.54) is 22.4 Å². The number of amides is 1. The van der Waals surface area contributed by atoms with E-state index in [0.717, 1.165) is 32.3 Å². The van der Waals surface area contributed by atoms with Crippen LogP contribution >= 0.6 is 0 Å². The van der Waals surface area contributed by atoms with E-state index in [-0.39, 0.29) is 0 Å². The SMILES string of the molecule is Cc1ccc(-c2ccccc2NC2CCN(C=O)CC2)cc1. The van der Waals surface area contributed by atoms with Crippen molar-refractivity contribution in [2.45, 2.75) is 25.8 Å². The number of carbonyl (C=O) groups is 1. The van der Waals surface area contributed by atoms with Crippen LogP contribution in [0.1, 0.15) is 18.4 Å². The number of carbonyl (C=O) groups excluding carboxylic acids is 1. The van der Waals surface area contributed by atoms with Crippen LogP contribution in [0.15, 0.2) is 48.5 Å². The van der Waals surface area contributed by atoms with Gasteiger partial charge in [0.2, 0.25) is 6.41 Å². The third-order valence-electron chi connectivity index (χ3n) is 4.33. The lowest BCUT2D eigenvalue weighted by molar-refractivity contribution is -0.118. The van der Waals surface area contributed by atoms with Crippen LogP contribution in [0.2, 0.25) is 0 Å². The van der Waals surface area contributed by atoms with Crippen molar-refractivity contribution in [3.8, 4) is 11.1 Å². The first kappa shape index (κ1) is 14.6. The standard InChI is InChI=1S/C19H22N2O/c1-15-6-8-16(9-7-15)18-4-2-3-5-19(18)20-17-10-12-21(14-22)13-11-17/h2-9,14,17,20H,10-13H2,1H3. The topological polar surface area (TPSA) is 32.3 Å². The van der Waals surface area contributed by atoms with Crippen molar-refractivity contribution in [3.05, 3.63) is 54.1 Å². The highest BCUT2D eigenvalue weighted by Crippen LogP contribution is 2.29. The molecule has 0 radical (unpaired) electrons. The predicted molar refractivity (Wildman–Crippen MR) is 90.9 cm³/mol. The maximum atomic E-state index is 10.8. The summed E-state index contributed by atoms with van der Waals surface area (Å²) in [7, 11) is 0. The van der Waals surface area contributed by atoms with Crippen molar-refractivity contribution in [3.63, 3.8) is 0 Å². The summed E-state index contributed by atoms with van der Waals surface area (Å²) in [6, 6.07) is 17.5. The molecular formula is C19H22N2O. The van der Waals surface area contributed by atoms with E-state index in [1.807, 2.05) is 4.90 Å². The molecule has 0 aromatic heterocycles. The molecule has 0 saturated carbocycles. The molecule has 0 spiro atoms. The minimum Gasteiger partial charge on any atom is -0.382 e. The van der Waals surface area contributed by atoms with Crippen LogP contribution in [0.25, 0.3) is 11.1 Å². The molecule has 114 valence electrons. The number of para-hydroxylation sites is 1. The first-order chi connectivity index (χ1) is 10.8. The minimum absolute atomic E-state index is 0.433. The Morgan fingerprint density at radius 1 is 1.05 bits per heavy atom. The van der Waals surface area contributed by atoms with E-state index in [1.54, 1.807) is 0 Å². The van der Waals surface area contributed by atoms with E-state index in [0.29, 0.717) is 6.04 Å². The molecule has 0 aliphatic carbocycles. The molecule has 0 bridgehead atoms. The Labute approximate surface area is 132 Å². The van der Waals surface area contributed by atoms with Crippen molar-refractivity contribution in [2.24, 2.45) is 0 Å². The van der Waals surface area contributed by atoms with Gasteiger partial charge in [0, 0.05) is 30.4 Å². The normalized spacial score (nSPS) is 15.6. The molecule has 0 unspecified atom stereocenters. The second kappa shape index (κ2) is 6.65. The highest BCUT2D eigenvalue weighted by molar-refractivity contribution is 5.78. The maximum absolute atomic E-state index is 10.8. The van der Waals surface area contributed by atoms with Crippen molar-refractivity contribution in [1.29, 1.82) is 0 Å². The van der Waals surface area contributed by atoms with Gasteiger partial charge in [0.05, 0.1) is 0 Å². The van der Waals surface area contributed by atoms with Crippen molar-refractivity contribution < 1.29 is 4.79 Å². The van der Waals surface area contributed by atoms with Gasteiger partial charge in [0.1, 0.15) is 0 Å². The molecule has 1 saturated heterocycles. The van der Waals surface area contributed by atoms with Crippen LogP contribution in [0.3, 0.4) is 0 Å². The molecule has 2 aromatic rings. The fraction of sp³-hybridized carbons (Fsp3) is 0.316. The third-order valence-corrected chi connectivity index (χ3v) is 4.33. The van der Waals surface area contributed by atoms with Gasteiger partial charge in [-0.25, -0.2) is 0 Å². The van der Waals surface area contributed by atoms with Gasteiger partial charge < -0.3 is 10.2 Å². The number of piperidine rings is 1. The molecule has 1 amide bonds. The Morgan fingerprint density at radius 2 is 1.73 bits per heavy atom. The molecule has 3 heteroatoms. The molecule has 22 heavy (non-hydrogen) atoms. The van der Waals surface area contributed by atoms with Gasteiger partial charge in [-0.1, -0.05) is 48.0 Å². The quantitative estimate of drug-likeness (QED) is 0.872. The van der Waals surface area contributed by atoms with Gasteiger partial charge in [-0.2, -0.15) is 0 Å². The number of hydrogen-bond donors (Lipinski definition) is 1. The molecule has 1 heterocycles. The Kier molecular flexibility index (Phi) is 4.42. The van der Waals surface area contributed by atoms with Crippen LogP contribution in [0.4, 0.5) is 5.69 Å². The molecule has 2 aromatic carbocycles. The summed E-state index contributed by atoms with van der Waals surface area (Å²) in [4.78, 5) is 12.6. The molecular weight excluding hydrogens is 272 g/mol. The van der Waals surface area contributed by atoms with Crippen molar-refractivity contribution in [2.75, 3.05) is 18.4 Å². The number of rotatable bonds is 4. The van der Waals surface area contributed by atoms with E-state index >= 15 is 0 Å². The number of nitrogens with zero attached hydrogens (tertiary/aromatic N) is 1. The van der Waals surface area contributed by atoms with Gasteiger partial charge in [0.25, 0.3) is 0 Å². The van der Waals surface area contributed by atoms with Gasteiger partial charge >= 0.3 is 0 Å². The first-order valence-electron chi connectivity index (χ1n) is 7.88. The molecule has 1 aliphatic rings. The highest BCUT2D eigenvalue weighted by Gasteiger charge is 2.18. The summed E-state index contributed by atoms with van der Waals surface area (Å²) in [6.07, 6.45) is 2.96. The second-order valence-corrected chi connectivity index (χ2v) is 5.97. The predicted octanol–water partition coefficient (Wildman–Crippen LogP) is 3.69. The van der Waals surface area contributed by atoms with Crippen LogP contribution in [-0.2, 0) is 4.79 Å². The summed E-state index contributed by atoms with van der Waals surface area (Å²) in [5.41, 5.74) is 4.92. The molecule has 1 fully saturated rings. The Hall–Kier alpha value is -2.29. The van der Waals surface area contributed by atoms with Crippen LogP contribution in [0, 0.1) is 6.92 Å². The number of likely N-dealkylation sites (tertiary alicyclic amines) is 1. The molecule has 1 N–H and O–H groups in total. The van der Waals surface area contributed by atoms with Gasteiger partial charge in [-0.15, -0.1) is 0 Å². The molecule has 3 rings (SSSR count). The highest BCUT2D eigenvalue weighted by atomic mass is 16.1. The summed E-state index contributed by atoms with van der Waals surface area (Å²) in [5, 5.41) is 3.66. The number of nitrogens with one attached hydrogen (secondary N) is 1. The van der Waals surface area contributed by atoms with Crippen LogP contribution < -0.4 is 5.32 Å². The van der Waals surface area contributed by atoms with Gasteiger partial charge in [-0.05, 0) is 31.4 Å². The van der Waals surface area contributed by atoms with E-state index in [9.17, 15) is 4.79 Å². The van der Waals surface area contributed by atoms with Crippen molar-refractivity contribution >= 4 is 12.1 Å². The largest absolute Gasteiger partial charge is 0.382 e. The van der Waals surface area contributed by atoms with E-state index in [2.05, 4.69) is 60.8 Å². The lowest BCUT2D eigenvalue weighted by atomic mass is 10.00. The monoisotopic (exact) mass is 294 g/mol. The summed E-state index contributed by atoms with van der Waals surface area (Å²) in [5.74, 6) is 0.